The number of nitrogens with zero attached hydrogens (tertiary/aromatic N) is 1. The lowest BCUT2D eigenvalue weighted by molar-refractivity contribution is -0.143. The van der Waals surface area contributed by atoms with Crippen LogP contribution in [0.1, 0.15) is 44.9 Å². The summed E-state index contributed by atoms with van der Waals surface area (Å²) in [5.74, 6) is -0.883. The lowest BCUT2D eigenvalue weighted by Gasteiger charge is -2.33. The fourth-order valence-electron chi connectivity index (χ4n) is 2.76. The van der Waals surface area contributed by atoms with Crippen LogP contribution < -0.4 is 5.32 Å². The van der Waals surface area contributed by atoms with Crippen molar-refractivity contribution in [2.45, 2.75) is 57.0 Å². The molecule has 1 saturated heterocycles. The van der Waals surface area contributed by atoms with E-state index in [1.165, 1.54) is 4.90 Å². The molecule has 1 unspecified atom stereocenters. The Morgan fingerprint density at radius 1 is 1.06 bits per heavy atom. The molecular weight excluding hydrogens is 220 g/mol. The standard InChI is InChI=1S/C12H20N2O3/c15-11(16)10-7-3-4-8-14(10)12(17)13-9-5-1-2-6-9/h9-10H,1-8H2,(H,13,17)(H,15,16). The number of piperidine rings is 1. The molecule has 2 aliphatic rings. The van der Waals surface area contributed by atoms with Crippen LogP contribution in [-0.2, 0) is 4.79 Å². The molecule has 0 radical (unpaired) electrons. The predicted octanol–water partition coefficient (Wildman–Crippen LogP) is 1.58. The number of carboxylic acids is 1. The molecule has 1 atom stereocenters. The number of carbonyl (C=O) groups is 2. The third-order valence-electron chi connectivity index (χ3n) is 3.73. The lowest BCUT2D eigenvalue weighted by Crippen LogP contribution is -2.53. The van der Waals surface area contributed by atoms with Crippen molar-refractivity contribution in [2.24, 2.45) is 0 Å². The van der Waals surface area contributed by atoms with Crippen LogP contribution in [0.4, 0.5) is 4.79 Å². The zero-order valence-corrected chi connectivity index (χ0v) is 10.0. The molecule has 0 bridgehead atoms. The normalized spacial score (nSPS) is 25.9. The van der Waals surface area contributed by atoms with Crippen molar-refractivity contribution in [1.82, 2.24) is 10.2 Å². The van der Waals surface area contributed by atoms with E-state index in [1.54, 1.807) is 0 Å². The molecule has 17 heavy (non-hydrogen) atoms. The third kappa shape index (κ3) is 2.90. The van der Waals surface area contributed by atoms with E-state index in [0.717, 1.165) is 38.5 Å². The fourth-order valence-corrected chi connectivity index (χ4v) is 2.76. The minimum atomic E-state index is -0.883. The van der Waals surface area contributed by atoms with E-state index in [0.29, 0.717) is 13.0 Å². The summed E-state index contributed by atoms with van der Waals surface area (Å²) in [6.45, 7) is 0.565. The number of amides is 2. The number of urea groups is 1. The van der Waals surface area contributed by atoms with Gasteiger partial charge >= 0.3 is 12.0 Å². The van der Waals surface area contributed by atoms with Crippen LogP contribution in [0.5, 0.6) is 0 Å². The molecule has 0 aromatic carbocycles. The summed E-state index contributed by atoms with van der Waals surface area (Å²) in [4.78, 5) is 24.6. The van der Waals surface area contributed by atoms with E-state index in [1.807, 2.05) is 0 Å². The first kappa shape index (κ1) is 12.2. The highest BCUT2D eigenvalue weighted by molar-refractivity contribution is 5.83. The Labute approximate surface area is 101 Å². The van der Waals surface area contributed by atoms with Crippen molar-refractivity contribution in [3.63, 3.8) is 0 Å². The molecule has 2 N–H and O–H groups in total. The van der Waals surface area contributed by atoms with Crippen molar-refractivity contribution < 1.29 is 14.7 Å². The molecule has 0 aromatic heterocycles. The molecule has 1 heterocycles. The highest BCUT2D eigenvalue weighted by atomic mass is 16.4. The topological polar surface area (TPSA) is 69.6 Å². The summed E-state index contributed by atoms with van der Waals surface area (Å²) in [7, 11) is 0. The highest BCUT2D eigenvalue weighted by Crippen LogP contribution is 2.20. The first-order chi connectivity index (χ1) is 8.18. The minimum Gasteiger partial charge on any atom is -0.480 e. The van der Waals surface area contributed by atoms with Crippen molar-refractivity contribution in [3.8, 4) is 0 Å². The van der Waals surface area contributed by atoms with Crippen LogP contribution in [0.25, 0.3) is 0 Å². The average molecular weight is 240 g/mol. The van der Waals surface area contributed by atoms with Crippen molar-refractivity contribution in [3.05, 3.63) is 0 Å². The van der Waals surface area contributed by atoms with Gasteiger partial charge < -0.3 is 15.3 Å². The van der Waals surface area contributed by atoms with Crippen molar-refractivity contribution in [1.29, 1.82) is 0 Å². The van der Waals surface area contributed by atoms with E-state index < -0.39 is 12.0 Å². The summed E-state index contributed by atoms with van der Waals surface area (Å²) in [6, 6.07) is -0.576. The predicted molar refractivity (Wildman–Crippen MR) is 62.8 cm³/mol. The number of hydrogen-bond donors (Lipinski definition) is 2. The zero-order chi connectivity index (χ0) is 12.3. The lowest BCUT2D eigenvalue weighted by atomic mass is 10.0. The molecule has 2 rings (SSSR count). The Hall–Kier alpha value is -1.26. The number of carboxylic acid groups (broad SMARTS) is 1. The van der Waals surface area contributed by atoms with Gasteiger partial charge in [-0.05, 0) is 32.1 Å². The second kappa shape index (κ2) is 5.38. The Bertz CT molecular complexity index is 300. The average Bonchev–Trinajstić information content (AvgIpc) is 2.81. The summed E-state index contributed by atoms with van der Waals surface area (Å²) < 4.78 is 0. The van der Waals surface area contributed by atoms with Crippen LogP contribution in [-0.4, -0.2) is 40.6 Å². The van der Waals surface area contributed by atoms with Crippen LogP contribution >= 0.6 is 0 Å². The van der Waals surface area contributed by atoms with Crippen LogP contribution in [0.2, 0.25) is 0 Å². The van der Waals surface area contributed by atoms with Gasteiger partial charge in [0.05, 0.1) is 0 Å². The number of carbonyl (C=O) groups excluding carboxylic acids is 1. The second-order valence-electron chi connectivity index (χ2n) is 4.97. The van der Waals surface area contributed by atoms with E-state index >= 15 is 0 Å². The van der Waals surface area contributed by atoms with Gasteiger partial charge in [-0.1, -0.05) is 12.8 Å². The Morgan fingerprint density at radius 3 is 2.35 bits per heavy atom. The zero-order valence-electron chi connectivity index (χ0n) is 10.0. The highest BCUT2D eigenvalue weighted by Gasteiger charge is 2.32. The molecule has 0 spiro atoms. The quantitative estimate of drug-likeness (QED) is 0.770. The van der Waals surface area contributed by atoms with Gasteiger partial charge in [0.2, 0.25) is 0 Å². The van der Waals surface area contributed by atoms with Gasteiger partial charge in [-0.2, -0.15) is 0 Å². The monoisotopic (exact) mass is 240 g/mol. The summed E-state index contributed by atoms with van der Waals surface area (Å²) in [5, 5.41) is 12.1. The van der Waals surface area contributed by atoms with Gasteiger partial charge in [-0.25, -0.2) is 9.59 Å². The first-order valence-corrected chi connectivity index (χ1v) is 6.48. The van der Waals surface area contributed by atoms with E-state index in [9.17, 15) is 9.59 Å². The fraction of sp³-hybridized carbons (Fsp3) is 0.833. The van der Waals surface area contributed by atoms with Crippen molar-refractivity contribution in [2.75, 3.05) is 6.54 Å². The molecule has 1 saturated carbocycles. The smallest absolute Gasteiger partial charge is 0.326 e. The molecule has 1 aliphatic carbocycles. The molecular formula is C12H20N2O3. The number of aliphatic carboxylic acids is 1. The molecule has 0 aromatic rings. The molecule has 96 valence electrons. The minimum absolute atomic E-state index is 0.191. The van der Waals surface area contributed by atoms with E-state index in [-0.39, 0.29) is 12.1 Å². The maximum absolute atomic E-state index is 12.0. The molecule has 2 amide bonds. The molecule has 1 aliphatic heterocycles. The molecule has 5 nitrogen and oxygen atoms in total. The first-order valence-electron chi connectivity index (χ1n) is 6.48. The number of likely N-dealkylation sites (tertiary alicyclic amines) is 1. The third-order valence-corrected chi connectivity index (χ3v) is 3.73. The maximum Gasteiger partial charge on any atom is 0.326 e. The van der Waals surface area contributed by atoms with Gasteiger partial charge in [0.15, 0.2) is 0 Å². The van der Waals surface area contributed by atoms with Gasteiger partial charge in [0.1, 0.15) is 6.04 Å². The maximum atomic E-state index is 12.0. The van der Waals surface area contributed by atoms with Gasteiger partial charge in [-0.3, -0.25) is 0 Å². The van der Waals surface area contributed by atoms with Crippen LogP contribution in [0.15, 0.2) is 0 Å². The van der Waals surface area contributed by atoms with Crippen molar-refractivity contribution >= 4 is 12.0 Å². The van der Waals surface area contributed by atoms with E-state index in [4.69, 9.17) is 5.11 Å². The Kier molecular flexibility index (Phi) is 3.86. The van der Waals surface area contributed by atoms with Crippen LogP contribution in [0.3, 0.4) is 0 Å². The van der Waals surface area contributed by atoms with Gasteiger partial charge in [-0.15, -0.1) is 0 Å². The van der Waals surface area contributed by atoms with Gasteiger partial charge in [0, 0.05) is 12.6 Å². The molecule has 5 heteroatoms. The number of hydrogen-bond acceptors (Lipinski definition) is 2. The second-order valence-corrected chi connectivity index (χ2v) is 4.97. The van der Waals surface area contributed by atoms with Crippen LogP contribution in [0, 0.1) is 0 Å². The number of nitrogens with one attached hydrogen (secondary N) is 1. The summed E-state index contributed by atoms with van der Waals surface area (Å²) in [5.41, 5.74) is 0. The van der Waals surface area contributed by atoms with E-state index in [2.05, 4.69) is 5.32 Å². The Balaban J connectivity index is 1.93. The van der Waals surface area contributed by atoms with Gasteiger partial charge in [0.25, 0.3) is 0 Å². The Morgan fingerprint density at radius 2 is 1.71 bits per heavy atom. The number of rotatable bonds is 2. The SMILES string of the molecule is O=C(O)C1CCCCN1C(=O)NC1CCCC1. The largest absolute Gasteiger partial charge is 0.480 e. The summed E-state index contributed by atoms with van der Waals surface area (Å²) in [6.07, 6.45) is 6.74. The molecule has 2 fully saturated rings. The summed E-state index contributed by atoms with van der Waals surface area (Å²) >= 11 is 0.